The molecule has 0 aromatic heterocycles. The Morgan fingerprint density at radius 3 is 2.59 bits per heavy atom. The Balaban J connectivity index is 1.45. The summed E-state index contributed by atoms with van der Waals surface area (Å²) in [5, 5.41) is 3.75. The van der Waals surface area contributed by atoms with Crippen LogP contribution in [0.25, 0.3) is 0 Å². The zero-order valence-corrected chi connectivity index (χ0v) is 11.3. The second-order valence-corrected chi connectivity index (χ2v) is 6.50. The highest BCUT2D eigenvalue weighted by atomic mass is 15.2. The molecule has 0 aromatic rings. The summed E-state index contributed by atoms with van der Waals surface area (Å²) in [5.41, 5.74) is 0. The van der Waals surface area contributed by atoms with Gasteiger partial charge >= 0.3 is 0 Å². The van der Waals surface area contributed by atoms with Gasteiger partial charge in [-0.2, -0.15) is 0 Å². The van der Waals surface area contributed by atoms with E-state index >= 15 is 0 Å². The lowest BCUT2D eigenvalue weighted by Gasteiger charge is -2.31. The Kier molecular flexibility index (Phi) is 3.72. The Morgan fingerprint density at radius 1 is 1.12 bits per heavy atom. The Hall–Kier alpha value is -0.0800. The Bertz CT molecular complexity index is 241. The number of nitrogens with one attached hydrogen (secondary N) is 1. The highest BCUT2D eigenvalue weighted by Crippen LogP contribution is 2.33. The van der Waals surface area contributed by atoms with Crippen molar-refractivity contribution in [1.29, 1.82) is 0 Å². The highest BCUT2D eigenvalue weighted by molar-refractivity contribution is 4.92. The van der Waals surface area contributed by atoms with Crippen LogP contribution in [0.2, 0.25) is 0 Å². The molecule has 0 saturated carbocycles. The lowest BCUT2D eigenvalue weighted by atomic mass is 9.89. The van der Waals surface area contributed by atoms with Crippen LogP contribution in [-0.4, -0.2) is 36.1 Å². The van der Waals surface area contributed by atoms with Crippen LogP contribution in [0.15, 0.2) is 0 Å². The number of hydrogen-bond acceptors (Lipinski definition) is 2. The topological polar surface area (TPSA) is 15.3 Å². The van der Waals surface area contributed by atoms with Gasteiger partial charge in [0.25, 0.3) is 0 Å². The minimum absolute atomic E-state index is 0.874. The number of piperidine rings is 1. The van der Waals surface area contributed by atoms with Gasteiger partial charge in [0.2, 0.25) is 0 Å². The SMILES string of the molecule is CCC1CCCN1CCC1CC2CCC(C1)N2. The monoisotopic (exact) mass is 236 g/mol. The van der Waals surface area contributed by atoms with Crippen LogP contribution in [-0.2, 0) is 0 Å². The van der Waals surface area contributed by atoms with Crippen LogP contribution < -0.4 is 5.32 Å². The maximum absolute atomic E-state index is 3.75. The van der Waals surface area contributed by atoms with Crippen molar-refractivity contribution in [3.8, 4) is 0 Å². The average molecular weight is 236 g/mol. The lowest BCUT2D eigenvalue weighted by molar-refractivity contribution is 0.204. The van der Waals surface area contributed by atoms with E-state index in [4.69, 9.17) is 0 Å². The number of likely N-dealkylation sites (tertiary alicyclic amines) is 1. The molecule has 2 bridgehead atoms. The maximum Gasteiger partial charge on any atom is 0.00931 e. The first-order valence-corrected chi connectivity index (χ1v) is 7.85. The zero-order valence-electron chi connectivity index (χ0n) is 11.3. The predicted molar refractivity (Wildman–Crippen MR) is 72.2 cm³/mol. The van der Waals surface area contributed by atoms with E-state index in [0.717, 1.165) is 24.0 Å². The minimum Gasteiger partial charge on any atom is -0.311 e. The van der Waals surface area contributed by atoms with Gasteiger partial charge in [0.1, 0.15) is 0 Å². The molecule has 0 spiro atoms. The molecule has 3 atom stereocenters. The van der Waals surface area contributed by atoms with Crippen molar-refractivity contribution in [2.45, 2.75) is 76.4 Å². The standard InChI is InChI=1S/C15H28N2/c1-2-15-4-3-8-17(15)9-7-12-10-13-5-6-14(11-12)16-13/h12-16H,2-11H2,1H3. The van der Waals surface area contributed by atoms with E-state index in [1.54, 1.807) is 0 Å². The first-order valence-electron chi connectivity index (χ1n) is 7.85. The van der Waals surface area contributed by atoms with Crippen LogP contribution in [0.5, 0.6) is 0 Å². The van der Waals surface area contributed by atoms with Gasteiger partial charge in [0, 0.05) is 18.1 Å². The molecule has 3 saturated heterocycles. The summed E-state index contributed by atoms with van der Waals surface area (Å²) in [4.78, 5) is 2.77. The minimum atomic E-state index is 0.874. The molecule has 3 aliphatic heterocycles. The van der Waals surface area contributed by atoms with E-state index in [2.05, 4.69) is 17.1 Å². The molecule has 0 amide bonds. The summed E-state index contributed by atoms with van der Waals surface area (Å²) >= 11 is 0. The van der Waals surface area contributed by atoms with Crippen molar-refractivity contribution >= 4 is 0 Å². The van der Waals surface area contributed by atoms with E-state index < -0.39 is 0 Å². The van der Waals surface area contributed by atoms with Gasteiger partial charge in [0.15, 0.2) is 0 Å². The van der Waals surface area contributed by atoms with Crippen LogP contribution in [0, 0.1) is 5.92 Å². The third-order valence-corrected chi connectivity index (χ3v) is 5.37. The molecule has 2 nitrogen and oxygen atoms in total. The fraction of sp³-hybridized carbons (Fsp3) is 1.00. The molecule has 3 unspecified atom stereocenters. The van der Waals surface area contributed by atoms with Gasteiger partial charge in [0.05, 0.1) is 0 Å². The third kappa shape index (κ3) is 2.68. The summed E-state index contributed by atoms with van der Waals surface area (Å²) in [5.74, 6) is 1.02. The van der Waals surface area contributed by atoms with Crippen molar-refractivity contribution in [2.75, 3.05) is 13.1 Å². The number of nitrogens with zero attached hydrogens (tertiary/aromatic N) is 1. The van der Waals surface area contributed by atoms with E-state index in [9.17, 15) is 0 Å². The van der Waals surface area contributed by atoms with Crippen LogP contribution in [0.1, 0.15) is 58.3 Å². The molecular formula is C15H28N2. The van der Waals surface area contributed by atoms with Gasteiger partial charge in [-0.25, -0.2) is 0 Å². The van der Waals surface area contributed by atoms with Crippen LogP contribution >= 0.6 is 0 Å². The highest BCUT2D eigenvalue weighted by Gasteiger charge is 2.33. The largest absolute Gasteiger partial charge is 0.311 e. The van der Waals surface area contributed by atoms with Gasteiger partial charge in [-0.1, -0.05) is 6.92 Å². The lowest BCUT2D eigenvalue weighted by Crippen LogP contribution is -2.39. The number of hydrogen-bond donors (Lipinski definition) is 1. The first kappa shape index (κ1) is 12.0. The van der Waals surface area contributed by atoms with Crippen molar-refractivity contribution in [1.82, 2.24) is 10.2 Å². The molecule has 17 heavy (non-hydrogen) atoms. The van der Waals surface area contributed by atoms with Gasteiger partial charge in [-0.3, -0.25) is 0 Å². The third-order valence-electron chi connectivity index (χ3n) is 5.37. The Labute approximate surface area is 106 Å². The quantitative estimate of drug-likeness (QED) is 0.807. The van der Waals surface area contributed by atoms with Gasteiger partial charge in [-0.05, 0) is 70.4 Å². The van der Waals surface area contributed by atoms with E-state index in [1.807, 2.05) is 0 Å². The van der Waals surface area contributed by atoms with Crippen LogP contribution in [0.3, 0.4) is 0 Å². The summed E-state index contributed by atoms with van der Waals surface area (Å²) < 4.78 is 0. The molecule has 3 rings (SSSR count). The summed E-state index contributed by atoms with van der Waals surface area (Å²) in [6, 6.07) is 2.66. The fourth-order valence-electron chi connectivity index (χ4n) is 4.41. The number of rotatable bonds is 4. The molecule has 98 valence electrons. The van der Waals surface area contributed by atoms with E-state index in [1.165, 1.54) is 64.5 Å². The maximum atomic E-state index is 3.75. The van der Waals surface area contributed by atoms with Crippen molar-refractivity contribution in [3.05, 3.63) is 0 Å². The van der Waals surface area contributed by atoms with Gasteiger partial charge in [-0.15, -0.1) is 0 Å². The second-order valence-electron chi connectivity index (χ2n) is 6.50. The van der Waals surface area contributed by atoms with Crippen LogP contribution in [0.4, 0.5) is 0 Å². The number of fused-ring (bicyclic) bond motifs is 2. The molecule has 1 N–H and O–H groups in total. The summed E-state index contributed by atoms with van der Waals surface area (Å²) in [7, 11) is 0. The van der Waals surface area contributed by atoms with E-state index in [-0.39, 0.29) is 0 Å². The van der Waals surface area contributed by atoms with Crippen molar-refractivity contribution < 1.29 is 0 Å². The first-order chi connectivity index (χ1) is 8.35. The normalized spacial score (nSPS) is 42.2. The van der Waals surface area contributed by atoms with Crippen molar-refractivity contribution in [3.63, 3.8) is 0 Å². The molecule has 3 heterocycles. The van der Waals surface area contributed by atoms with Crippen molar-refractivity contribution in [2.24, 2.45) is 5.92 Å². The molecular weight excluding hydrogens is 208 g/mol. The summed E-state index contributed by atoms with van der Waals surface area (Å²) in [6.07, 6.45) is 11.5. The second kappa shape index (κ2) is 5.27. The van der Waals surface area contributed by atoms with E-state index in [0.29, 0.717) is 0 Å². The Morgan fingerprint density at radius 2 is 1.88 bits per heavy atom. The van der Waals surface area contributed by atoms with Gasteiger partial charge < -0.3 is 10.2 Å². The summed E-state index contributed by atoms with van der Waals surface area (Å²) in [6.45, 7) is 5.10. The zero-order chi connectivity index (χ0) is 11.7. The molecule has 0 radical (unpaired) electrons. The molecule has 2 heteroatoms. The molecule has 3 fully saturated rings. The fourth-order valence-corrected chi connectivity index (χ4v) is 4.41. The molecule has 0 aromatic carbocycles. The average Bonchev–Trinajstić information content (AvgIpc) is 2.93. The molecule has 0 aliphatic carbocycles. The smallest absolute Gasteiger partial charge is 0.00931 e. The predicted octanol–water partition coefficient (Wildman–Crippen LogP) is 2.78. The molecule has 3 aliphatic rings.